The summed E-state index contributed by atoms with van der Waals surface area (Å²) >= 11 is 0. The highest BCUT2D eigenvalue weighted by Gasteiger charge is 2.28. The number of fused-ring (bicyclic) bond motifs is 1. The summed E-state index contributed by atoms with van der Waals surface area (Å²) in [6.07, 6.45) is 4.55. The van der Waals surface area contributed by atoms with Crippen molar-refractivity contribution in [1.82, 2.24) is 19.6 Å². The summed E-state index contributed by atoms with van der Waals surface area (Å²) in [5, 5.41) is 7.27. The number of pyridine rings is 1. The van der Waals surface area contributed by atoms with Gasteiger partial charge in [-0.05, 0) is 61.4 Å². The molecule has 1 saturated carbocycles. The van der Waals surface area contributed by atoms with Crippen molar-refractivity contribution in [2.75, 3.05) is 5.32 Å². The fourth-order valence-electron chi connectivity index (χ4n) is 4.05. The zero-order valence-electron chi connectivity index (χ0n) is 17.4. The van der Waals surface area contributed by atoms with Crippen molar-refractivity contribution in [2.45, 2.75) is 26.2 Å². The van der Waals surface area contributed by atoms with Crippen LogP contribution < -0.4 is 5.32 Å². The molecule has 3 aromatic heterocycles. The second-order valence-electron chi connectivity index (χ2n) is 7.96. The van der Waals surface area contributed by atoms with Crippen LogP contribution in [-0.2, 0) is 9.59 Å². The summed E-state index contributed by atoms with van der Waals surface area (Å²) in [5.74, 6) is -0.298. The largest absolute Gasteiger partial charge is 0.310 e. The highest BCUT2D eigenvalue weighted by molar-refractivity contribution is 5.97. The molecule has 0 saturated heterocycles. The average molecular weight is 429 g/mol. The van der Waals surface area contributed by atoms with E-state index in [4.69, 9.17) is 4.98 Å². The third kappa shape index (κ3) is 3.64. The first-order valence-electron chi connectivity index (χ1n) is 10.4. The second-order valence-corrected chi connectivity index (χ2v) is 7.96. The molecular formula is C24H20FN5O2. The minimum Gasteiger partial charge on any atom is -0.310 e. The number of nitrogens with one attached hydrogen (secondary N) is 1. The molecule has 7 nitrogen and oxygen atoms in total. The normalized spacial score (nSPS) is 15.9. The first-order valence-corrected chi connectivity index (χ1v) is 10.4. The maximum Gasteiger partial charge on any atom is 0.229 e. The number of ketones is 1. The Morgan fingerprint density at radius 1 is 1.16 bits per heavy atom. The standard InChI is InChI=1S/C24H20FN5O2/c1-14-11-15(5-7-19(14)25)22-23(30-21(29-22)3-2-9-27-30)16-8-10-26-20(13-16)28-24(32)17-4-6-18(31)12-17/h2-3,5,7-11,13,17H,4,6,12H2,1H3,(H,26,28,32). The number of carbonyl (C=O) groups is 2. The van der Waals surface area contributed by atoms with Crippen LogP contribution in [0.15, 0.2) is 54.9 Å². The van der Waals surface area contributed by atoms with Crippen molar-refractivity contribution in [3.63, 3.8) is 0 Å². The van der Waals surface area contributed by atoms with Crippen LogP contribution in [0, 0.1) is 18.7 Å². The van der Waals surface area contributed by atoms with Crippen LogP contribution in [0.4, 0.5) is 10.2 Å². The number of imidazole rings is 1. The van der Waals surface area contributed by atoms with E-state index in [-0.39, 0.29) is 29.8 Å². The van der Waals surface area contributed by atoms with E-state index in [1.165, 1.54) is 6.07 Å². The second kappa shape index (κ2) is 7.96. The number of aryl methyl sites for hydroxylation is 1. The van der Waals surface area contributed by atoms with Gasteiger partial charge in [0, 0.05) is 42.3 Å². The maximum absolute atomic E-state index is 13.9. The van der Waals surface area contributed by atoms with Gasteiger partial charge < -0.3 is 5.32 Å². The average Bonchev–Trinajstić information content (AvgIpc) is 3.39. The fraction of sp³-hybridized carbons (Fsp3) is 0.208. The van der Waals surface area contributed by atoms with Gasteiger partial charge in [-0.3, -0.25) is 9.59 Å². The number of rotatable bonds is 4. The van der Waals surface area contributed by atoms with Gasteiger partial charge in [0.1, 0.15) is 23.1 Å². The van der Waals surface area contributed by atoms with Crippen LogP contribution >= 0.6 is 0 Å². The monoisotopic (exact) mass is 429 g/mol. The van der Waals surface area contributed by atoms with Crippen LogP contribution in [-0.4, -0.2) is 31.3 Å². The van der Waals surface area contributed by atoms with Crippen LogP contribution in [0.2, 0.25) is 0 Å². The predicted octanol–water partition coefficient (Wildman–Crippen LogP) is 4.21. The third-order valence-corrected chi connectivity index (χ3v) is 5.73. The highest BCUT2D eigenvalue weighted by Crippen LogP contribution is 2.34. The quantitative estimate of drug-likeness (QED) is 0.525. The number of hydrogen-bond donors (Lipinski definition) is 1. The van der Waals surface area contributed by atoms with E-state index in [9.17, 15) is 14.0 Å². The lowest BCUT2D eigenvalue weighted by atomic mass is 10.0. The molecule has 160 valence electrons. The Morgan fingerprint density at radius 3 is 2.81 bits per heavy atom. The van der Waals surface area contributed by atoms with Gasteiger partial charge in [-0.2, -0.15) is 5.10 Å². The molecule has 1 N–H and O–H groups in total. The Labute approximate surface area is 183 Å². The van der Waals surface area contributed by atoms with Crippen molar-refractivity contribution in [3.05, 3.63) is 66.2 Å². The van der Waals surface area contributed by atoms with E-state index in [1.54, 1.807) is 48.1 Å². The number of hydrogen-bond acceptors (Lipinski definition) is 5. The van der Waals surface area contributed by atoms with Crippen LogP contribution in [0.3, 0.4) is 0 Å². The molecule has 1 unspecified atom stereocenters. The first kappa shape index (κ1) is 20.0. The van der Waals surface area contributed by atoms with Crippen molar-refractivity contribution in [3.8, 4) is 22.5 Å². The van der Waals surface area contributed by atoms with Gasteiger partial charge in [-0.15, -0.1) is 0 Å². The summed E-state index contributed by atoms with van der Waals surface area (Å²) in [4.78, 5) is 33.1. The van der Waals surface area contributed by atoms with Gasteiger partial charge >= 0.3 is 0 Å². The first-order chi connectivity index (χ1) is 15.5. The Bertz CT molecular complexity index is 1360. The molecule has 1 atom stereocenters. The summed E-state index contributed by atoms with van der Waals surface area (Å²) < 4.78 is 15.6. The summed E-state index contributed by atoms with van der Waals surface area (Å²) in [6.45, 7) is 1.71. The van der Waals surface area contributed by atoms with Crippen molar-refractivity contribution < 1.29 is 14.0 Å². The Balaban J connectivity index is 1.57. The highest BCUT2D eigenvalue weighted by atomic mass is 19.1. The van der Waals surface area contributed by atoms with Crippen molar-refractivity contribution in [1.29, 1.82) is 0 Å². The number of benzene rings is 1. The molecule has 0 aliphatic heterocycles. The SMILES string of the molecule is Cc1cc(-c2nc3cccnn3c2-c2ccnc(NC(=O)C3CCC(=O)C3)c2)ccc1F. The number of Topliss-reactive ketones (excluding diaryl/α,β-unsaturated/α-hetero) is 1. The summed E-state index contributed by atoms with van der Waals surface area (Å²) in [5.41, 5.74) is 4.04. The molecule has 1 aliphatic rings. The summed E-state index contributed by atoms with van der Waals surface area (Å²) in [6, 6.07) is 12.1. The molecule has 0 bridgehead atoms. The topological polar surface area (TPSA) is 89.2 Å². The molecular weight excluding hydrogens is 409 g/mol. The molecule has 1 fully saturated rings. The minimum atomic E-state index is -0.317. The maximum atomic E-state index is 13.9. The molecule has 3 heterocycles. The Kier molecular flexibility index (Phi) is 4.97. The molecule has 1 amide bonds. The number of carbonyl (C=O) groups excluding carboxylic acids is 2. The van der Waals surface area contributed by atoms with Gasteiger partial charge in [-0.1, -0.05) is 0 Å². The third-order valence-electron chi connectivity index (χ3n) is 5.73. The van der Waals surface area contributed by atoms with E-state index in [0.29, 0.717) is 41.3 Å². The van der Waals surface area contributed by atoms with E-state index < -0.39 is 0 Å². The molecule has 1 aliphatic carbocycles. The molecule has 32 heavy (non-hydrogen) atoms. The lowest BCUT2D eigenvalue weighted by Gasteiger charge is -2.11. The smallest absolute Gasteiger partial charge is 0.229 e. The lowest BCUT2D eigenvalue weighted by Crippen LogP contribution is -2.21. The number of nitrogens with zero attached hydrogens (tertiary/aromatic N) is 4. The lowest BCUT2D eigenvalue weighted by molar-refractivity contribution is -0.122. The molecule has 0 radical (unpaired) electrons. The number of aromatic nitrogens is 4. The molecule has 8 heteroatoms. The van der Waals surface area contributed by atoms with Gasteiger partial charge in [0.15, 0.2) is 5.65 Å². The Hall–Kier alpha value is -3.94. The van der Waals surface area contributed by atoms with Crippen LogP contribution in [0.5, 0.6) is 0 Å². The Morgan fingerprint density at radius 2 is 2.03 bits per heavy atom. The number of anilines is 1. The van der Waals surface area contributed by atoms with Gasteiger partial charge in [0.2, 0.25) is 5.91 Å². The predicted molar refractivity (Wildman–Crippen MR) is 117 cm³/mol. The molecule has 1 aromatic carbocycles. The number of halogens is 1. The molecule has 0 spiro atoms. The van der Waals surface area contributed by atoms with Gasteiger partial charge in [0.25, 0.3) is 0 Å². The van der Waals surface area contributed by atoms with E-state index >= 15 is 0 Å². The zero-order valence-corrected chi connectivity index (χ0v) is 17.4. The van der Waals surface area contributed by atoms with E-state index in [1.807, 2.05) is 12.1 Å². The van der Waals surface area contributed by atoms with E-state index in [2.05, 4.69) is 15.4 Å². The van der Waals surface area contributed by atoms with Crippen molar-refractivity contribution in [2.24, 2.45) is 5.92 Å². The van der Waals surface area contributed by atoms with Gasteiger partial charge in [0.05, 0.1) is 5.69 Å². The number of amides is 1. The minimum absolute atomic E-state index is 0.114. The summed E-state index contributed by atoms with van der Waals surface area (Å²) in [7, 11) is 0. The van der Waals surface area contributed by atoms with Gasteiger partial charge in [-0.25, -0.2) is 18.9 Å². The van der Waals surface area contributed by atoms with E-state index in [0.717, 1.165) is 11.1 Å². The van der Waals surface area contributed by atoms with Crippen LogP contribution in [0.25, 0.3) is 28.2 Å². The van der Waals surface area contributed by atoms with Crippen LogP contribution in [0.1, 0.15) is 24.8 Å². The van der Waals surface area contributed by atoms with Crippen molar-refractivity contribution >= 4 is 23.2 Å². The molecule has 4 aromatic rings. The fourth-order valence-corrected chi connectivity index (χ4v) is 4.05. The zero-order chi connectivity index (χ0) is 22.2. The molecule has 5 rings (SSSR count).